The monoisotopic (exact) mass is 594 g/mol. The number of rotatable bonds is 7. The molecule has 3 aromatic rings. The van der Waals surface area contributed by atoms with E-state index in [-0.39, 0.29) is 23.6 Å². The Morgan fingerprint density at radius 1 is 1.18 bits per heavy atom. The molecule has 0 spiro atoms. The number of thiazole rings is 1. The van der Waals surface area contributed by atoms with Crippen LogP contribution in [0.25, 0.3) is 10.4 Å². The first-order chi connectivity index (χ1) is 18.3. The molecule has 0 aliphatic carbocycles. The van der Waals surface area contributed by atoms with Gasteiger partial charge < -0.3 is 15.1 Å². The molecule has 1 fully saturated rings. The second kappa shape index (κ2) is 11.0. The standard InChI is InChI=1S/C29H31BrN4O3S/c1-17(2)25(34-15-21-6-4-7-22(30)24(21)28(34)36)29(37)33-13-5-8-23(33)27(35)31-14-19-9-11-20(12-10-19)26-18(3)32-16-38-26/h4,6-7,9-12,16-17,23,25H,5,8,13-15H2,1-3H3,(H,31,35)/t23-,25-/m0/s1. The molecule has 0 unspecified atom stereocenters. The lowest BCUT2D eigenvalue weighted by molar-refractivity contribution is -0.143. The van der Waals surface area contributed by atoms with Crippen molar-refractivity contribution in [1.29, 1.82) is 0 Å². The van der Waals surface area contributed by atoms with E-state index in [9.17, 15) is 14.4 Å². The lowest BCUT2D eigenvalue weighted by Gasteiger charge is -2.35. The van der Waals surface area contributed by atoms with E-state index in [1.54, 1.807) is 21.1 Å². The molecule has 0 bridgehead atoms. The molecule has 198 valence electrons. The average Bonchev–Trinajstić information content (AvgIpc) is 3.63. The molecule has 9 heteroatoms. The van der Waals surface area contributed by atoms with Gasteiger partial charge in [-0.15, -0.1) is 11.3 Å². The molecule has 2 aromatic carbocycles. The van der Waals surface area contributed by atoms with Crippen molar-refractivity contribution < 1.29 is 14.4 Å². The summed E-state index contributed by atoms with van der Waals surface area (Å²) in [6.07, 6.45) is 1.38. The molecule has 3 amide bonds. The van der Waals surface area contributed by atoms with Crippen molar-refractivity contribution in [3.8, 4) is 10.4 Å². The summed E-state index contributed by atoms with van der Waals surface area (Å²) in [4.78, 5) is 49.2. The van der Waals surface area contributed by atoms with Crippen molar-refractivity contribution in [3.63, 3.8) is 0 Å². The van der Waals surface area contributed by atoms with Crippen molar-refractivity contribution >= 4 is 45.0 Å². The summed E-state index contributed by atoms with van der Waals surface area (Å²) in [5.41, 5.74) is 6.49. The quantitative estimate of drug-likeness (QED) is 0.409. The van der Waals surface area contributed by atoms with Crippen LogP contribution in [0.15, 0.2) is 52.4 Å². The highest BCUT2D eigenvalue weighted by atomic mass is 79.9. The van der Waals surface area contributed by atoms with Crippen molar-refractivity contribution in [1.82, 2.24) is 20.1 Å². The van der Waals surface area contributed by atoms with Gasteiger partial charge in [0.05, 0.1) is 21.6 Å². The summed E-state index contributed by atoms with van der Waals surface area (Å²) >= 11 is 5.10. The van der Waals surface area contributed by atoms with Crippen LogP contribution in [0.5, 0.6) is 0 Å². The van der Waals surface area contributed by atoms with E-state index in [0.29, 0.717) is 31.6 Å². The van der Waals surface area contributed by atoms with E-state index >= 15 is 0 Å². The number of carbonyl (C=O) groups is 3. The summed E-state index contributed by atoms with van der Waals surface area (Å²) < 4.78 is 0.742. The Bertz CT molecular complexity index is 1370. The number of nitrogens with zero attached hydrogens (tertiary/aromatic N) is 3. The van der Waals surface area contributed by atoms with Crippen molar-refractivity contribution in [3.05, 3.63) is 74.8 Å². The highest BCUT2D eigenvalue weighted by Crippen LogP contribution is 2.33. The fourth-order valence-corrected chi connectivity index (χ4v) is 6.86. The van der Waals surface area contributed by atoms with Gasteiger partial charge in [-0.3, -0.25) is 14.4 Å². The van der Waals surface area contributed by atoms with E-state index in [1.165, 1.54) is 0 Å². The van der Waals surface area contributed by atoms with Gasteiger partial charge in [-0.25, -0.2) is 4.98 Å². The summed E-state index contributed by atoms with van der Waals surface area (Å²) in [7, 11) is 0. The van der Waals surface area contributed by atoms with E-state index in [4.69, 9.17) is 0 Å². The van der Waals surface area contributed by atoms with Crippen molar-refractivity contribution in [2.24, 2.45) is 5.92 Å². The fourth-order valence-electron chi connectivity index (χ4n) is 5.47. The fraction of sp³-hybridized carbons (Fsp3) is 0.379. The van der Waals surface area contributed by atoms with E-state index in [1.807, 2.05) is 68.7 Å². The van der Waals surface area contributed by atoms with Gasteiger partial charge >= 0.3 is 0 Å². The number of amides is 3. The Morgan fingerprint density at radius 2 is 1.95 bits per heavy atom. The minimum Gasteiger partial charge on any atom is -0.350 e. The number of nitrogens with one attached hydrogen (secondary N) is 1. The normalized spacial score (nSPS) is 17.7. The second-order valence-corrected chi connectivity index (χ2v) is 12.0. The molecule has 1 aromatic heterocycles. The van der Waals surface area contributed by atoms with E-state index in [0.717, 1.165) is 38.2 Å². The minimum atomic E-state index is -0.627. The van der Waals surface area contributed by atoms with Crippen molar-refractivity contribution in [2.75, 3.05) is 6.54 Å². The van der Waals surface area contributed by atoms with Crippen LogP contribution in [-0.4, -0.2) is 51.1 Å². The lowest BCUT2D eigenvalue weighted by Crippen LogP contribution is -2.55. The number of likely N-dealkylation sites (tertiary alicyclic amines) is 1. The first-order valence-corrected chi connectivity index (χ1v) is 14.6. The molecule has 2 atom stereocenters. The van der Waals surface area contributed by atoms with Crippen LogP contribution in [0.3, 0.4) is 0 Å². The Balaban J connectivity index is 1.26. The molecule has 5 rings (SSSR count). The number of halogens is 1. The predicted molar refractivity (Wildman–Crippen MR) is 152 cm³/mol. The number of aromatic nitrogens is 1. The molecule has 2 aliphatic heterocycles. The Kier molecular flexibility index (Phi) is 7.68. The van der Waals surface area contributed by atoms with Crippen LogP contribution < -0.4 is 5.32 Å². The van der Waals surface area contributed by atoms with Gasteiger partial charge in [-0.2, -0.15) is 0 Å². The number of hydrogen-bond donors (Lipinski definition) is 1. The van der Waals surface area contributed by atoms with Crippen LogP contribution in [0, 0.1) is 12.8 Å². The number of carbonyl (C=O) groups excluding carboxylic acids is 3. The maximum Gasteiger partial charge on any atom is 0.256 e. The molecule has 2 aliphatic rings. The second-order valence-electron chi connectivity index (χ2n) is 10.3. The molecule has 0 saturated carbocycles. The van der Waals surface area contributed by atoms with Crippen molar-refractivity contribution in [2.45, 2.75) is 58.8 Å². The number of benzene rings is 2. The highest BCUT2D eigenvalue weighted by molar-refractivity contribution is 9.10. The maximum absolute atomic E-state index is 13.9. The first kappa shape index (κ1) is 26.6. The molecule has 3 heterocycles. The van der Waals surface area contributed by atoms with Gasteiger partial charge in [-0.05, 0) is 64.4 Å². The smallest absolute Gasteiger partial charge is 0.256 e. The van der Waals surface area contributed by atoms with E-state index < -0.39 is 12.1 Å². The molecular formula is C29H31BrN4O3S. The molecule has 7 nitrogen and oxygen atoms in total. The lowest BCUT2D eigenvalue weighted by atomic mass is 10.0. The third-order valence-corrected chi connectivity index (χ3v) is 9.04. The number of hydrogen-bond acceptors (Lipinski definition) is 5. The number of fused-ring (bicyclic) bond motifs is 1. The van der Waals surface area contributed by atoms with Gasteiger partial charge in [0.2, 0.25) is 11.8 Å². The molecule has 0 radical (unpaired) electrons. The van der Waals surface area contributed by atoms with Crippen LogP contribution in [0.4, 0.5) is 0 Å². The highest BCUT2D eigenvalue weighted by Gasteiger charge is 2.44. The molecule has 1 N–H and O–H groups in total. The summed E-state index contributed by atoms with van der Waals surface area (Å²) in [6, 6.07) is 12.6. The molecule has 1 saturated heterocycles. The SMILES string of the molecule is Cc1ncsc1-c1ccc(CNC(=O)[C@@H]2CCCN2C(=O)[C@H](C(C)C)N2Cc3cccc(Br)c3C2=O)cc1. The number of aryl methyl sites for hydroxylation is 1. The summed E-state index contributed by atoms with van der Waals surface area (Å²) in [6.45, 7) is 7.20. The largest absolute Gasteiger partial charge is 0.350 e. The first-order valence-electron chi connectivity index (χ1n) is 12.9. The zero-order valence-electron chi connectivity index (χ0n) is 21.7. The Labute approximate surface area is 235 Å². The van der Waals surface area contributed by atoms with Gasteiger partial charge in [-0.1, -0.05) is 50.2 Å². The zero-order chi connectivity index (χ0) is 27.0. The average molecular weight is 596 g/mol. The van der Waals surface area contributed by atoms with Gasteiger partial charge in [0.1, 0.15) is 12.1 Å². The van der Waals surface area contributed by atoms with Crippen LogP contribution in [-0.2, 0) is 22.7 Å². The van der Waals surface area contributed by atoms with Gasteiger partial charge in [0.15, 0.2) is 0 Å². The Morgan fingerprint density at radius 3 is 2.61 bits per heavy atom. The molecule has 38 heavy (non-hydrogen) atoms. The minimum absolute atomic E-state index is 0.0930. The summed E-state index contributed by atoms with van der Waals surface area (Å²) in [5, 5.41) is 3.03. The third-order valence-electron chi connectivity index (χ3n) is 7.40. The topological polar surface area (TPSA) is 82.6 Å². The Hall–Kier alpha value is -3.04. The summed E-state index contributed by atoms with van der Waals surface area (Å²) in [5.74, 6) is -0.542. The van der Waals surface area contributed by atoms with Crippen LogP contribution >= 0.6 is 27.3 Å². The third kappa shape index (κ3) is 5.01. The predicted octanol–water partition coefficient (Wildman–Crippen LogP) is 5.17. The van der Waals surface area contributed by atoms with E-state index in [2.05, 4.69) is 26.2 Å². The maximum atomic E-state index is 13.9. The van der Waals surface area contributed by atoms with Crippen LogP contribution in [0.1, 0.15) is 53.9 Å². The van der Waals surface area contributed by atoms with Gasteiger partial charge in [0.25, 0.3) is 5.91 Å². The van der Waals surface area contributed by atoms with Crippen LogP contribution in [0.2, 0.25) is 0 Å². The molecular weight excluding hydrogens is 564 g/mol. The van der Waals surface area contributed by atoms with Gasteiger partial charge in [0, 0.05) is 24.1 Å². The zero-order valence-corrected chi connectivity index (χ0v) is 24.1.